The molecule has 23 heavy (non-hydrogen) atoms. The van der Waals surface area contributed by atoms with E-state index in [1.54, 1.807) is 18.2 Å². The number of hydrogen-bond acceptors (Lipinski definition) is 4. The van der Waals surface area contributed by atoms with Gasteiger partial charge in [0.05, 0.1) is 16.2 Å². The van der Waals surface area contributed by atoms with Crippen molar-refractivity contribution >= 4 is 27.4 Å². The number of sulfone groups is 1. The minimum absolute atomic E-state index is 0.106. The summed E-state index contributed by atoms with van der Waals surface area (Å²) < 4.78 is 24.1. The van der Waals surface area contributed by atoms with Gasteiger partial charge in [-0.25, -0.2) is 13.2 Å². The summed E-state index contributed by atoms with van der Waals surface area (Å²) in [6.45, 7) is 0. The van der Waals surface area contributed by atoms with Crippen LogP contribution < -0.4 is 5.32 Å². The number of benzene rings is 2. The van der Waals surface area contributed by atoms with Crippen molar-refractivity contribution in [1.82, 2.24) is 0 Å². The third kappa shape index (κ3) is 4.65. The molecular formula is C16H15NO5S. The molecule has 120 valence electrons. The lowest BCUT2D eigenvalue weighted by atomic mass is 10.2. The first-order valence-corrected chi connectivity index (χ1v) is 8.45. The van der Waals surface area contributed by atoms with E-state index in [4.69, 9.17) is 5.11 Å². The van der Waals surface area contributed by atoms with E-state index in [0.717, 1.165) is 0 Å². The van der Waals surface area contributed by atoms with Crippen LogP contribution in [0.5, 0.6) is 0 Å². The first kappa shape index (κ1) is 16.7. The summed E-state index contributed by atoms with van der Waals surface area (Å²) in [6, 6.07) is 13.5. The van der Waals surface area contributed by atoms with E-state index in [-0.39, 0.29) is 22.6 Å². The Morgan fingerprint density at radius 2 is 1.57 bits per heavy atom. The molecule has 2 aromatic rings. The van der Waals surface area contributed by atoms with E-state index in [0.29, 0.717) is 5.69 Å². The maximum absolute atomic E-state index is 12.1. The third-order valence-electron chi connectivity index (χ3n) is 3.12. The van der Waals surface area contributed by atoms with Crippen LogP contribution in [0.4, 0.5) is 5.69 Å². The molecule has 2 N–H and O–H groups in total. The second-order valence-electron chi connectivity index (χ2n) is 4.81. The number of amides is 1. The fourth-order valence-corrected chi connectivity index (χ4v) is 3.15. The maximum atomic E-state index is 12.1. The summed E-state index contributed by atoms with van der Waals surface area (Å²) in [6.07, 6.45) is -0.183. The van der Waals surface area contributed by atoms with Crippen molar-refractivity contribution in [2.75, 3.05) is 11.1 Å². The van der Waals surface area contributed by atoms with Gasteiger partial charge >= 0.3 is 5.97 Å². The van der Waals surface area contributed by atoms with Crippen LogP contribution in [-0.4, -0.2) is 31.2 Å². The molecule has 0 spiro atoms. The van der Waals surface area contributed by atoms with Gasteiger partial charge in [-0.05, 0) is 36.4 Å². The van der Waals surface area contributed by atoms with Crippen molar-refractivity contribution in [3.8, 4) is 0 Å². The Morgan fingerprint density at radius 3 is 2.13 bits per heavy atom. The first-order valence-electron chi connectivity index (χ1n) is 6.79. The number of carbonyl (C=O) groups is 2. The Morgan fingerprint density at radius 1 is 0.957 bits per heavy atom. The van der Waals surface area contributed by atoms with Crippen LogP contribution in [0.3, 0.4) is 0 Å². The Bertz CT molecular complexity index is 798. The van der Waals surface area contributed by atoms with E-state index in [9.17, 15) is 18.0 Å². The van der Waals surface area contributed by atoms with E-state index in [2.05, 4.69) is 5.32 Å². The number of carbonyl (C=O) groups excluding carboxylic acids is 1. The molecule has 6 nitrogen and oxygen atoms in total. The Balaban J connectivity index is 1.94. The maximum Gasteiger partial charge on any atom is 0.335 e. The van der Waals surface area contributed by atoms with Gasteiger partial charge in [-0.3, -0.25) is 4.79 Å². The molecule has 2 rings (SSSR count). The Kier molecular flexibility index (Phi) is 5.13. The van der Waals surface area contributed by atoms with Gasteiger partial charge in [0.2, 0.25) is 5.91 Å². The van der Waals surface area contributed by atoms with Crippen LogP contribution >= 0.6 is 0 Å². The molecule has 1 amide bonds. The Hall–Kier alpha value is -2.67. The minimum atomic E-state index is -3.50. The second-order valence-corrected chi connectivity index (χ2v) is 6.92. The first-order chi connectivity index (χ1) is 10.9. The number of hydrogen-bond donors (Lipinski definition) is 2. The molecule has 0 unspecified atom stereocenters. The van der Waals surface area contributed by atoms with E-state index in [1.807, 2.05) is 0 Å². The molecule has 0 aromatic heterocycles. The highest BCUT2D eigenvalue weighted by molar-refractivity contribution is 7.91. The highest BCUT2D eigenvalue weighted by Gasteiger charge is 2.16. The van der Waals surface area contributed by atoms with Gasteiger partial charge in [-0.2, -0.15) is 0 Å². The standard InChI is InChI=1S/C16H15NO5S/c18-15(17-13-8-6-12(7-9-13)16(19)20)10-11-23(21,22)14-4-2-1-3-5-14/h1-9H,10-11H2,(H,17,18)(H,19,20). The average molecular weight is 333 g/mol. The van der Waals surface area contributed by atoms with Crippen LogP contribution in [0.2, 0.25) is 0 Å². The predicted molar refractivity (Wildman–Crippen MR) is 85.1 cm³/mol. The third-order valence-corrected chi connectivity index (χ3v) is 4.85. The van der Waals surface area contributed by atoms with Gasteiger partial charge in [0.15, 0.2) is 9.84 Å². The molecule has 2 aromatic carbocycles. The van der Waals surface area contributed by atoms with Gasteiger partial charge in [0.1, 0.15) is 0 Å². The lowest BCUT2D eigenvalue weighted by Gasteiger charge is -2.06. The summed E-state index contributed by atoms with van der Waals surface area (Å²) >= 11 is 0. The van der Waals surface area contributed by atoms with Crippen LogP contribution in [0.15, 0.2) is 59.5 Å². The molecule has 7 heteroatoms. The van der Waals surface area contributed by atoms with Crippen LogP contribution in [0.25, 0.3) is 0 Å². The van der Waals surface area contributed by atoms with Gasteiger partial charge in [-0.15, -0.1) is 0 Å². The molecule has 0 saturated carbocycles. The molecule has 0 fully saturated rings. The molecule has 0 heterocycles. The molecule has 0 radical (unpaired) electrons. The van der Waals surface area contributed by atoms with Crippen molar-refractivity contribution in [1.29, 1.82) is 0 Å². The highest BCUT2D eigenvalue weighted by atomic mass is 32.2. The quantitative estimate of drug-likeness (QED) is 0.844. The zero-order chi connectivity index (χ0) is 16.9. The van der Waals surface area contributed by atoms with Crippen LogP contribution in [0, 0.1) is 0 Å². The molecule has 0 atom stereocenters. The number of carboxylic acids is 1. The van der Waals surface area contributed by atoms with E-state index in [1.165, 1.54) is 36.4 Å². The minimum Gasteiger partial charge on any atom is -0.478 e. The molecule has 0 aliphatic heterocycles. The van der Waals surface area contributed by atoms with Crippen molar-refractivity contribution in [3.05, 3.63) is 60.2 Å². The van der Waals surface area contributed by atoms with Gasteiger partial charge in [-0.1, -0.05) is 18.2 Å². The number of anilines is 1. The highest BCUT2D eigenvalue weighted by Crippen LogP contribution is 2.13. The summed E-state index contributed by atoms with van der Waals surface area (Å²) in [4.78, 5) is 22.7. The number of aromatic carboxylic acids is 1. The fourth-order valence-electron chi connectivity index (χ4n) is 1.89. The van der Waals surface area contributed by atoms with Gasteiger partial charge < -0.3 is 10.4 Å². The van der Waals surface area contributed by atoms with Crippen molar-refractivity contribution in [2.24, 2.45) is 0 Å². The number of carboxylic acid groups (broad SMARTS) is 1. The van der Waals surface area contributed by atoms with E-state index < -0.39 is 21.7 Å². The predicted octanol–water partition coefficient (Wildman–Crippen LogP) is 2.19. The van der Waals surface area contributed by atoms with Crippen molar-refractivity contribution in [3.63, 3.8) is 0 Å². The lowest BCUT2D eigenvalue weighted by molar-refractivity contribution is -0.115. The van der Waals surface area contributed by atoms with Crippen molar-refractivity contribution < 1.29 is 23.1 Å². The zero-order valence-electron chi connectivity index (χ0n) is 12.1. The summed E-state index contributed by atoms with van der Waals surface area (Å²) in [5, 5.41) is 11.3. The fraction of sp³-hybridized carbons (Fsp3) is 0.125. The van der Waals surface area contributed by atoms with Crippen LogP contribution in [-0.2, 0) is 14.6 Å². The molecular weight excluding hydrogens is 318 g/mol. The topological polar surface area (TPSA) is 101 Å². The van der Waals surface area contributed by atoms with Gasteiger partial charge in [0, 0.05) is 12.1 Å². The molecule has 0 saturated heterocycles. The lowest BCUT2D eigenvalue weighted by Crippen LogP contribution is -2.17. The van der Waals surface area contributed by atoms with Crippen molar-refractivity contribution in [2.45, 2.75) is 11.3 Å². The smallest absolute Gasteiger partial charge is 0.335 e. The van der Waals surface area contributed by atoms with Gasteiger partial charge in [0.25, 0.3) is 0 Å². The van der Waals surface area contributed by atoms with E-state index >= 15 is 0 Å². The number of rotatable bonds is 6. The largest absolute Gasteiger partial charge is 0.478 e. The zero-order valence-corrected chi connectivity index (χ0v) is 12.9. The van der Waals surface area contributed by atoms with Crippen LogP contribution in [0.1, 0.15) is 16.8 Å². The normalized spacial score (nSPS) is 11.0. The molecule has 0 aliphatic carbocycles. The summed E-state index contributed by atoms with van der Waals surface area (Å²) in [5.41, 5.74) is 0.520. The average Bonchev–Trinajstić information content (AvgIpc) is 2.54. The Labute approximate surface area is 133 Å². The SMILES string of the molecule is O=C(CCS(=O)(=O)c1ccccc1)Nc1ccc(C(=O)O)cc1. The summed E-state index contributed by atoms with van der Waals surface area (Å²) in [7, 11) is -3.50. The summed E-state index contributed by atoms with van der Waals surface area (Å²) in [5.74, 6) is -1.81. The molecule has 0 aliphatic rings. The number of nitrogens with one attached hydrogen (secondary N) is 1. The monoisotopic (exact) mass is 333 g/mol. The molecule has 0 bridgehead atoms. The second kappa shape index (κ2) is 7.06.